The maximum atomic E-state index is 13.9. The van der Waals surface area contributed by atoms with Crippen molar-refractivity contribution >= 4 is 5.57 Å². The van der Waals surface area contributed by atoms with E-state index in [-0.39, 0.29) is 5.92 Å². The molecule has 1 nitrogen and oxygen atoms in total. The van der Waals surface area contributed by atoms with E-state index in [1.807, 2.05) is 6.08 Å². The van der Waals surface area contributed by atoms with Crippen molar-refractivity contribution in [2.45, 2.75) is 37.8 Å². The fraction of sp³-hybridized carbons (Fsp3) is 0.391. The first kappa shape index (κ1) is 19.2. The van der Waals surface area contributed by atoms with Crippen LogP contribution in [0.3, 0.4) is 0 Å². The first-order valence-electron chi connectivity index (χ1n) is 9.70. The molecule has 2 saturated heterocycles. The fourth-order valence-corrected chi connectivity index (χ4v) is 5.07. The molecular formula is C23H24F4N+. The maximum Gasteiger partial charge on any atom is 0.126 e. The Hall–Kier alpha value is -2.14. The minimum Gasteiger partial charge on any atom is -0.324 e. The van der Waals surface area contributed by atoms with E-state index in [4.69, 9.17) is 0 Å². The highest BCUT2D eigenvalue weighted by Gasteiger charge is 2.48. The van der Waals surface area contributed by atoms with Crippen molar-refractivity contribution in [3.63, 3.8) is 0 Å². The van der Waals surface area contributed by atoms with Gasteiger partial charge in [0.25, 0.3) is 0 Å². The summed E-state index contributed by atoms with van der Waals surface area (Å²) in [7, 11) is 4.51. The third kappa shape index (κ3) is 3.60. The number of fused-ring (bicyclic) bond motifs is 2. The highest BCUT2D eigenvalue weighted by molar-refractivity contribution is 5.80. The predicted octanol–water partition coefficient (Wildman–Crippen LogP) is 5.69. The molecule has 0 saturated carbocycles. The summed E-state index contributed by atoms with van der Waals surface area (Å²) in [5.74, 6) is -2.63. The molecule has 148 valence electrons. The Labute approximate surface area is 162 Å². The largest absolute Gasteiger partial charge is 0.324 e. The van der Waals surface area contributed by atoms with E-state index in [0.717, 1.165) is 29.5 Å². The lowest BCUT2D eigenvalue weighted by Crippen LogP contribution is -2.54. The van der Waals surface area contributed by atoms with Gasteiger partial charge in [-0.05, 0) is 46.9 Å². The van der Waals surface area contributed by atoms with Gasteiger partial charge in [0.1, 0.15) is 23.3 Å². The third-order valence-corrected chi connectivity index (χ3v) is 6.61. The molecule has 0 aliphatic carbocycles. The van der Waals surface area contributed by atoms with Crippen LogP contribution in [0.5, 0.6) is 0 Å². The number of benzene rings is 2. The van der Waals surface area contributed by atoms with Crippen LogP contribution in [-0.4, -0.2) is 30.7 Å². The molecule has 2 aromatic carbocycles. The standard InChI is InChI=1S/C23H24F4N/c1-28(2)21-3-4-22(28)6-14(5-21)7-23(15-8-17(24)12-18(25)9-15)16-10-19(26)13-20(27)11-16/h7-14,21-22H,3-6H2,1-2H3/q+1/t14?,21-,22+. The van der Waals surface area contributed by atoms with E-state index in [1.54, 1.807) is 0 Å². The molecule has 5 heteroatoms. The third-order valence-electron chi connectivity index (χ3n) is 6.61. The smallest absolute Gasteiger partial charge is 0.126 e. The lowest BCUT2D eigenvalue weighted by Gasteiger charge is -2.44. The Morgan fingerprint density at radius 1 is 0.750 bits per heavy atom. The summed E-state index contributed by atoms with van der Waals surface area (Å²) < 4.78 is 56.4. The van der Waals surface area contributed by atoms with Crippen LogP contribution in [0.1, 0.15) is 36.8 Å². The van der Waals surface area contributed by atoms with Gasteiger partial charge in [0.05, 0.1) is 26.2 Å². The van der Waals surface area contributed by atoms with Crippen molar-refractivity contribution in [1.29, 1.82) is 0 Å². The number of piperidine rings is 1. The molecule has 0 aromatic heterocycles. The zero-order chi connectivity index (χ0) is 20.1. The number of rotatable bonds is 3. The van der Waals surface area contributed by atoms with Gasteiger partial charge in [-0.2, -0.15) is 0 Å². The topological polar surface area (TPSA) is 0 Å². The van der Waals surface area contributed by atoms with Gasteiger partial charge in [0.15, 0.2) is 0 Å². The SMILES string of the molecule is C[N+]1(C)[C@@H]2CC[C@H]1CC(C=C(c1cc(F)cc(F)c1)c1cc(F)cc(F)c1)C2. The van der Waals surface area contributed by atoms with Gasteiger partial charge in [0, 0.05) is 37.8 Å². The van der Waals surface area contributed by atoms with Crippen molar-refractivity contribution < 1.29 is 22.0 Å². The van der Waals surface area contributed by atoms with E-state index >= 15 is 0 Å². The monoisotopic (exact) mass is 390 g/mol. The van der Waals surface area contributed by atoms with Gasteiger partial charge in [-0.15, -0.1) is 0 Å². The van der Waals surface area contributed by atoms with Gasteiger partial charge in [-0.1, -0.05) is 6.08 Å². The molecule has 0 N–H and O–H groups in total. The number of nitrogens with zero attached hydrogens (tertiary/aromatic N) is 1. The van der Waals surface area contributed by atoms with E-state index in [2.05, 4.69) is 14.1 Å². The number of quaternary nitrogens is 1. The van der Waals surface area contributed by atoms with Crippen LogP contribution in [0.25, 0.3) is 5.57 Å². The molecule has 4 rings (SSSR count). The Balaban J connectivity index is 1.78. The minimum absolute atomic E-state index is 0.205. The van der Waals surface area contributed by atoms with Gasteiger partial charge in [0.2, 0.25) is 0 Å². The summed E-state index contributed by atoms with van der Waals surface area (Å²) in [5, 5.41) is 0. The van der Waals surface area contributed by atoms with Crippen LogP contribution in [0.15, 0.2) is 42.5 Å². The second-order valence-electron chi connectivity index (χ2n) is 8.64. The first-order chi connectivity index (χ1) is 13.2. The number of allylic oxidation sites excluding steroid dienone is 1. The highest BCUT2D eigenvalue weighted by atomic mass is 19.1. The second-order valence-corrected chi connectivity index (χ2v) is 8.64. The van der Waals surface area contributed by atoms with Crippen LogP contribution in [-0.2, 0) is 0 Å². The molecular weight excluding hydrogens is 366 g/mol. The van der Waals surface area contributed by atoms with Gasteiger partial charge in [-0.25, -0.2) is 17.6 Å². The summed E-state index contributed by atoms with van der Waals surface area (Å²) in [6.07, 6.45) is 6.22. The van der Waals surface area contributed by atoms with Gasteiger partial charge < -0.3 is 4.48 Å². The van der Waals surface area contributed by atoms with Crippen LogP contribution in [0.4, 0.5) is 17.6 Å². The Bertz CT molecular complexity index is 824. The molecule has 2 fully saturated rings. The van der Waals surface area contributed by atoms with Gasteiger partial charge in [-0.3, -0.25) is 0 Å². The second kappa shape index (κ2) is 7.03. The molecule has 0 spiro atoms. The van der Waals surface area contributed by atoms with Crippen LogP contribution < -0.4 is 0 Å². The van der Waals surface area contributed by atoms with E-state index in [1.165, 1.54) is 37.1 Å². The molecule has 0 amide bonds. The average Bonchev–Trinajstić information content (AvgIpc) is 2.76. The summed E-state index contributed by atoms with van der Waals surface area (Å²) in [5.41, 5.74) is 1.08. The minimum atomic E-state index is -0.709. The summed E-state index contributed by atoms with van der Waals surface area (Å²) in [4.78, 5) is 0. The molecule has 2 aliphatic heterocycles. The zero-order valence-electron chi connectivity index (χ0n) is 16.1. The molecule has 2 heterocycles. The Morgan fingerprint density at radius 3 is 1.54 bits per heavy atom. The molecule has 1 unspecified atom stereocenters. The predicted molar refractivity (Wildman–Crippen MR) is 101 cm³/mol. The molecule has 3 atom stereocenters. The number of hydrogen-bond acceptors (Lipinski definition) is 0. The molecule has 2 bridgehead atoms. The van der Waals surface area contributed by atoms with Crippen molar-refractivity contribution in [1.82, 2.24) is 0 Å². The van der Waals surface area contributed by atoms with E-state index in [0.29, 0.717) is 28.8 Å². The quantitative estimate of drug-likeness (QED) is 0.466. The molecule has 0 radical (unpaired) electrons. The number of halogens is 4. The van der Waals surface area contributed by atoms with Gasteiger partial charge >= 0.3 is 0 Å². The average molecular weight is 390 g/mol. The Morgan fingerprint density at radius 2 is 1.14 bits per heavy atom. The van der Waals surface area contributed by atoms with Crippen LogP contribution in [0.2, 0.25) is 0 Å². The summed E-state index contributed by atoms with van der Waals surface area (Å²) in [6.45, 7) is 0. The lowest BCUT2D eigenvalue weighted by atomic mass is 9.85. The zero-order valence-corrected chi connectivity index (χ0v) is 16.1. The summed E-state index contributed by atoms with van der Waals surface area (Å²) >= 11 is 0. The molecule has 28 heavy (non-hydrogen) atoms. The molecule has 2 aliphatic rings. The normalized spacial score (nSPS) is 25.6. The maximum absolute atomic E-state index is 13.9. The highest BCUT2D eigenvalue weighted by Crippen LogP contribution is 2.43. The fourth-order valence-electron chi connectivity index (χ4n) is 5.07. The Kier molecular flexibility index (Phi) is 4.82. The van der Waals surface area contributed by atoms with E-state index < -0.39 is 23.3 Å². The summed E-state index contributed by atoms with van der Waals surface area (Å²) in [6, 6.07) is 7.54. The van der Waals surface area contributed by atoms with Crippen molar-refractivity contribution in [3.05, 3.63) is 76.9 Å². The molecule has 2 aromatic rings. The van der Waals surface area contributed by atoms with Crippen LogP contribution in [0, 0.1) is 29.2 Å². The number of hydrogen-bond donors (Lipinski definition) is 0. The van der Waals surface area contributed by atoms with E-state index in [9.17, 15) is 17.6 Å². The lowest BCUT2D eigenvalue weighted by molar-refractivity contribution is -0.931. The van der Waals surface area contributed by atoms with Crippen molar-refractivity contribution in [2.24, 2.45) is 5.92 Å². The van der Waals surface area contributed by atoms with Crippen molar-refractivity contribution in [3.8, 4) is 0 Å². The van der Waals surface area contributed by atoms with Crippen LogP contribution >= 0.6 is 0 Å². The van der Waals surface area contributed by atoms with Crippen molar-refractivity contribution in [2.75, 3.05) is 14.1 Å². The first-order valence-corrected chi connectivity index (χ1v) is 9.70.